The zero-order valence-electron chi connectivity index (χ0n) is 12.8. The quantitative estimate of drug-likeness (QED) is 0.801. The first-order chi connectivity index (χ1) is 9.15. The summed E-state index contributed by atoms with van der Waals surface area (Å²) in [5, 5.41) is 3.55. The monoisotopic (exact) mass is 266 g/mol. The van der Waals surface area contributed by atoms with Crippen molar-refractivity contribution in [3.63, 3.8) is 0 Å². The van der Waals surface area contributed by atoms with Gasteiger partial charge in [-0.2, -0.15) is 0 Å². The predicted molar refractivity (Wildman–Crippen MR) is 78.7 cm³/mol. The summed E-state index contributed by atoms with van der Waals surface area (Å²) >= 11 is 0. The van der Waals surface area contributed by atoms with Crippen molar-refractivity contribution in [1.29, 1.82) is 0 Å². The molecule has 1 heterocycles. The summed E-state index contributed by atoms with van der Waals surface area (Å²) in [6, 6.07) is 0.0837. The molecule has 2 fully saturated rings. The first-order valence-electron chi connectivity index (χ1n) is 8.22. The van der Waals surface area contributed by atoms with Crippen molar-refractivity contribution in [1.82, 2.24) is 10.2 Å². The van der Waals surface area contributed by atoms with Gasteiger partial charge < -0.3 is 4.90 Å². The minimum atomic E-state index is 0.0837. The summed E-state index contributed by atoms with van der Waals surface area (Å²) in [6.07, 6.45) is 8.55. The van der Waals surface area contributed by atoms with Crippen molar-refractivity contribution in [2.24, 2.45) is 11.8 Å². The molecule has 110 valence electrons. The third-order valence-corrected chi connectivity index (χ3v) is 4.75. The van der Waals surface area contributed by atoms with Gasteiger partial charge in [0, 0.05) is 6.54 Å². The number of nitrogens with zero attached hydrogens (tertiary/aromatic N) is 1. The average molecular weight is 266 g/mol. The van der Waals surface area contributed by atoms with Gasteiger partial charge in [0.2, 0.25) is 5.91 Å². The van der Waals surface area contributed by atoms with Gasteiger partial charge in [0.25, 0.3) is 0 Å². The molecule has 0 aromatic carbocycles. The molecule has 2 rings (SSSR count). The van der Waals surface area contributed by atoms with E-state index in [1.165, 1.54) is 19.3 Å². The Hall–Kier alpha value is -0.570. The lowest BCUT2D eigenvalue weighted by molar-refractivity contribution is -0.130. The Bertz CT molecular complexity index is 305. The molecule has 4 unspecified atom stereocenters. The molecule has 1 saturated carbocycles. The van der Waals surface area contributed by atoms with Gasteiger partial charge in [-0.3, -0.25) is 10.1 Å². The number of rotatable bonds is 6. The number of carbonyl (C=O) groups is 1. The van der Waals surface area contributed by atoms with Gasteiger partial charge in [-0.05, 0) is 37.5 Å². The SMILES string of the molecule is CCCC1NC(CCC)N(CC2CCC(C)C2)C1=O. The Balaban J connectivity index is 1.96. The lowest BCUT2D eigenvalue weighted by atomic mass is 10.0. The minimum Gasteiger partial charge on any atom is -0.326 e. The second-order valence-electron chi connectivity index (χ2n) is 6.59. The van der Waals surface area contributed by atoms with E-state index in [1.807, 2.05) is 0 Å². The number of amides is 1. The molecule has 3 nitrogen and oxygen atoms in total. The molecule has 0 radical (unpaired) electrons. The molecule has 0 aromatic rings. The highest BCUT2D eigenvalue weighted by Crippen LogP contribution is 2.32. The summed E-state index contributed by atoms with van der Waals surface area (Å²) in [4.78, 5) is 14.7. The van der Waals surface area contributed by atoms with Gasteiger partial charge in [-0.15, -0.1) is 0 Å². The molecular formula is C16H30N2O. The van der Waals surface area contributed by atoms with E-state index >= 15 is 0 Å². The first-order valence-corrected chi connectivity index (χ1v) is 8.22. The van der Waals surface area contributed by atoms with Crippen LogP contribution in [0.5, 0.6) is 0 Å². The normalized spacial score (nSPS) is 35.3. The van der Waals surface area contributed by atoms with Crippen LogP contribution >= 0.6 is 0 Å². The van der Waals surface area contributed by atoms with Crippen LogP contribution in [0.2, 0.25) is 0 Å². The van der Waals surface area contributed by atoms with E-state index in [9.17, 15) is 4.79 Å². The Labute approximate surface area is 118 Å². The van der Waals surface area contributed by atoms with E-state index in [0.29, 0.717) is 12.1 Å². The van der Waals surface area contributed by atoms with Crippen molar-refractivity contribution in [3.05, 3.63) is 0 Å². The summed E-state index contributed by atoms with van der Waals surface area (Å²) < 4.78 is 0. The van der Waals surface area contributed by atoms with E-state index < -0.39 is 0 Å². The highest BCUT2D eigenvalue weighted by molar-refractivity contribution is 5.84. The summed E-state index contributed by atoms with van der Waals surface area (Å²) in [7, 11) is 0. The standard InChI is InChI=1S/C16H30N2O/c1-4-6-14-16(19)18(15(17-14)7-5-2)11-13-9-8-12(3)10-13/h12-15,17H,4-11H2,1-3H3. The Morgan fingerprint density at radius 1 is 1.21 bits per heavy atom. The largest absolute Gasteiger partial charge is 0.326 e. The third kappa shape index (κ3) is 3.50. The zero-order valence-corrected chi connectivity index (χ0v) is 12.8. The summed E-state index contributed by atoms with van der Waals surface area (Å²) in [5.74, 6) is 1.95. The van der Waals surface area contributed by atoms with Crippen LogP contribution in [0.1, 0.15) is 65.7 Å². The maximum absolute atomic E-state index is 12.5. The summed E-state index contributed by atoms with van der Waals surface area (Å²) in [6.45, 7) is 7.69. The topological polar surface area (TPSA) is 32.3 Å². The molecule has 1 saturated heterocycles. The summed E-state index contributed by atoms with van der Waals surface area (Å²) in [5.41, 5.74) is 0. The van der Waals surface area contributed by atoms with Crippen LogP contribution in [0.25, 0.3) is 0 Å². The van der Waals surface area contributed by atoms with Crippen LogP contribution in [-0.4, -0.2) is 29.6 Å². The molecule has 4 atom stereocenters. The van der Waals surface area contributed by atoms with Gasteiger partial charge >= 0.3 is 0 Å². The van der Waals surface area contributed by atoms with E-state index in [0.717, 1.165) is 44.1 Å². The molecule has 1 N–H and O–H groups in total. The van der Waals surface area contributed by atoms with Crippen LogP contribution in [0, 0.1) is 11.8 Å². The van der Waals surface area contributed by atoms with Crippen LogP contribution in [-0.2, 0) is 4.79 Å². The number of nitrogens with one attached hydrogen (secondary N) is 1. The van der Waals surface area contributed by atoms with Crippen molar-refractivity contribution in [2.45, 2.75) is 77.9 Å². The lowest BCUT2D eigenvalue weighted by Gasteiger charge is -2.27. The molecule has 1 aliphatic carbocycles. The van der Waals surface area contributed by atoms with E-state index in [2.05, 4.69) is 31.0 Å². The van der Waals surface area contributed by atoms with Crippen LogP contribution < -0.4 is 5.32 Å². The fraction of sp³-hybridized carbons (Fsp3) is 0.938. The smallest absolute Gasteiger partial charge is 0.241 e. The fourth-order valence-electron chi connectivity index (χ4n) is 3.74. The van der Waals surface area contributed by atoms with Crippen LogP contribution in [0.4, 0.5) is 0 Å². The van der Waals surface area contributed by atoms with Crippen molar-refractivity contribution in [2.75, 3.05) is 6.54 Å². The predicted octanol–water partition coefficient (Wildman–Crippen LogP) is 3.15. The van der Waals surface area contributed by atoms with Crippen LogP contribution in [0.15, 0.2) is 0 Å². The van der Waals surface area contributed by atoms with Crippen LogP contribution in [0.3, 0.4) is 0 Å². The molecule has 0 spiro atoms. The fourth-order valence-corrected chi connectivity index (χ4v) is 3.74. The number of hydrogen-bond donors (Lipinski definition) is 1. The second-order valence-corrected chi connectivity index (χ2v) is 6.59. The second kappa shape index (κ2) is 6.74. The highest BCUT2D eigenvalue weighted by atomic mass is 16.2. The van der Waals surface area contributed by atoms with E-state index in [1.54, 1.807) is 0 Å². The lowest BCUT2D eigenvalue weighted by Crippen LogP contribution is -2.40. The van der Waals surface area contributed by atoms with E-state index in [-0.39, 0.29) is 6.04 Å². The first kappa shape index (κ1) is 14.8. The minimum absolute atomic E-state index is 0.0837. The molecule has 0 bridgehead atoms. The maximum atomic E-state index is 12.5. The van der Waals surface area contributed by atoms with Gasteiger partial charge in [0.05, 0.1) is 12.2 Å². The highest BCUT2D eigenvalue weighted by Gasteiger charge is 2.39. The molecule has 1 amide bonds. The van der Waals surface area contributed by atoms with Gasteiger partial charge in [-0.1, -0.05) is 40.0 Å². The number of carbonyl (C=O) groups excluding carboxylic acids is 1. The Morgan fingerprint density at radius 3 is 2.53 bits per heavy atom. The maximum Gasteiger partial charge on any atom is 0.241 e. The molecule has 3 heteroatoms. The van der Waals surface area contributed by atoms with Gasteiger partial charge in [-0.25, -0.2) is 0 Å². The Kier molecular flexibility index (Phi) is 5.26. The van der Waals surface area contributed by atoms with Gasteiger partial charge in [0.1, 0.15) is 0 Å². The number of hydrogen-bond acceptors (Lipinski definition) is 2. The molecule has 0 aromatic heterocycles. The van der Waals surface area contributed by atoms with Gasteiger partial charge in [0.15, 0.2) is 0 Å². The third-order valence-electron chi connectivity index (χ3n) is 4.75. The van der Waals surface area contributed by atoms with Crippen molar-refractivity contribution < 1.29 is 4.79 Å². The molecule has 2 aliphatic rings. The molecule has 1 aliphatic heterocycles. The molecular weight excluding hydrogens is 236 g/mol. The van der Waals surface area contributed by atoms with Crippen molar-refractivity contribution >= 4 is 5.91 Å². The zero-order chi connectivity index (χ0) is 13.8. The Morgan fingerprint density at radius 2 is 1.95 bits per heavy atom. The van der Waals surface area contributed by atoms with Crippen molar-refractivity contribution in [3.8, 4) is 0 Å². The van der Waals surface area contributed by atoms with E-state index in [4.69, 9.17) is 0 Å². The molecule has 19 heavy (non-hydrogen) atoms. The average Bonchev–Trinajstić information content (AvgIpc) is 2.90.